The number of aromatic nitrogens is 2. The Balaban J connectivity index is 1.47. The molecule has 1 aliphatic rings. The maximum atomic E-state index is 12.6. The number of hydrogen-bond acceptors (Lipinski definition) is 5. The molecule has 0 bridgehead atoms. The molecule has 1 amide bonds. The molecule has 1 aromatic heterocycles. The topological polar surface area (TPSA) is 82.5 Å². The zero-order valence-electron chi connectivity index (χ0n) is 14.2. The molecule has 1 N–H and O–H groups in total. The highest BCUT2D eigenvalue weighted by molar-refractivity contribution is 5.94. The molecule has 0 saturated heterocycles. The van der Waals surface area contributed by atoms with Gasteiger partial charge in [0.25, 0.3) is 11.5 Å². The lowest BCUT2D eigenvalue weighted by Crippen LogP contribution is -2.32. The van der Waals surface area contributed by atoms with Crippen LogP contribution in [0.2, 0.25) is 0 Å². The first-order valence-electron chi connectivity index (χ1n) is 8.27. The monoisotopic (exact) mass is 351 g/mol. The molecule has 1 aliphatic heterocycles. The Hall–Kier alpha value is -3.35. The van der Waals surface area contributed by atoms with Crippen molar-refractivity contribution in [2.75, 3.05) is 13.3 Å². The third kappa shape index (κ3) is 2.88. The van der Waals surface area contributed by atoms with Crippen molar-refractivity contribution >= 4 is 16.8 Å². The van der Waals surface area contributed by atoms with Gasteiger partial charge in [0.1, 0.15) is 5.82 Å². The highest BCUT2D eigenvalue weighted by atomic mass is 16.7. The molecular formula is C19H17N3O4. The predicted molar refractivity (Wildman–Crippen MR) is 95.6 cm³/mol. The van der Waals surface area contributed by atoms with Crippen LogP contribution in [-0.2, 0) is 6.54 Å². The molecule has 0 aliphatic carbocycles. The number of nitrogens with zero attached hydrogens (tertiary/aromatic N) is 2. The van der Waals surface area contributed by atoms with E-state index in [-0.39, 0.29) is 18.3 Å². The van der Waals surface area contributed by atoms with Crippen molar-refractivity contribution < 1.29 is 14.3 Å². The summed E-state index contributed by atoms with van der Waals surface area (Å²) in [5.74, 6) is 1.57. The Kier molecular flexibility index (Phi) is 4.04. The van der Waals surface area contributed by atoms with Crippen molar-refractivity contribution in [2.24, 2.45) is 0 Å². The van der Waals surface area contributed by atoms with Crippen LogP contribution in [0.15, 0.2) is 47.3 Å². The number of fused-ring (bicyclic) bond motifs is 2. The lowest BCUT2D eigenvalue weighted by atomic mass is 10.2. The summed E-state index contributed by atoms with van der Waals surface area (Å²) in [5.41, 5.74) is 1.05. The second-order valence-electron chi connectivity index (χ2n) is 5.96. The molecule has 0 radical (unpaired) electrons. The van der Waals surface area contributed by atoms with Crippen LogP contribution in [0.5, 0.6) is 11.5 Å². The zero-order chi connectivity index (χ0) is 18.1. The van der Waals surface area contributed by atoms with Crippen LogP contribution in [-0.4, -0.2) is 28.8 Å². The first kappa shape index (κ1) is 16.1. The van der Waals surface area contributed by atoms with E-state index in [9.17, 15) is 9.59 Å². The predicted octanol–water partition coefficient (Wildman–Crippen LogP) is 1.86. The number of nitrogens with one attached hydrogen (secondary N) is 1. The molecule has 2 heterocycles. The molecular weight excluding hydrogens is 334 g/mol. The molecule has 7 heteroatoms. The minimum atomic E-state index is -0.234. The smallest absolute Gasteiger partial charge is 0.261 e. The number of amides is 1. The quantitative estimate of drug-likeness (QED) is 0.776. The summed E-state index contributed by atoms with van der Waals surface area (Å²) in [5, 5.41) is 3.39. The van der Waals surface area contributed by atoms with Crippen molar-refractivity contribution in [1.82, 2.24) is 14.9 Å². The van der Waals surface area contributed by atoms with E-state index >= 15 is 0 Å². The maximum Gasteiger partial charge on any atom is 0.261 e. The third-order valence-corrected chi connectivity index (χ3v) is 4.31. The van der Waals surface area contributed by atoms with E-state index in [4.69, 9.17) is 9.47 Å². The van der Waals surface area contributed by atoms with Gasteiger partial charge in [-0.2, -0.15) is 0 Å². The number of aryl methyl sites for hydroxylation is 1. The van der Waals surface area contributed by atoms with Gasteiger partial charge in [0.15, 0.2) is 11.5 Å². The largest absolute Gasteiger partial charge is 0.454 e. The van der Waals surface area contributed by atoms with Gasteiger partial charge in [0.2, 0.25) is 6.79 Å². The normalized spacial score (nSPS) is 12.3. The SMILES string of the molecule is Cc1nc2ccccc2c(=O)n1CCNC(=O)c1ccc2c(c1)OCO2. The van der Waals surface area contributed by atoms with Gasteiger partial charge in [-0.3, -0.25) is 14.2 Å². The molecule has 0 atom stereocenters. The standard InChI is InChI=1S/C19H17N3O4/c1-12-21-15-5-3-2-4-14(15)19(24)22(12)9-8-20-18(23)13-6-7-16-17(10-13)26-11-25-16/h2-7,10H,8-9,11H2,1H3,(H,20,23). The molecule has 132 valence electrons. The van der Waals surface area contributed by atoms with Gasteiger partial charge in [0.05, 0.1) is 10.9 Å². The summed E-state index contributed by atoms with van der Waals surface area (Å²) in [6.07, 6.45) is 0. The summed E-state index contributed by atoms with van der Waals surface area (Å²) in [4.78, 5) is 29.4. The number of carbonyl (C=O) groups is 1. The molecule has 3 aromatic rings. The fraction of sp³-hybridized carbons (Fsp3) is 0.211. The fourth-order valence-corrected chi connectivity index (χ4v) is 2.96. The van der Waals surface area contributed by atoms with Gasteiger partial charge >= 0.3 is 0 Å². The van der Waals surface area contributed by atoms with Gasteiger partial charge in [-0.15, -0.1) is 0 Å². The number of carbonyl (C=O) groups excluding carboxylic acids is 1. The number of benzene rings is 2. The minimum absolute atomic E-state index is 0.106. The Morgan fingerprint density at radius 3 is 2.88 bits per heavy atom. The van der Waals surface area contributed by atoms with Gasteiger partial charge in [0, 0.05) is 18.7 Å². The Morgan fingerprint density at radius 1 is 1.19 bits per heavy atom. The van der Waals surface area contributed by atoms with E-state index in [1.165, 1.54) is 0 Å². The van der Waals surface area contributed by atoms with Gasteiger partial charge in [-0.1, -0.05) is 12.1 Å². The Bertz CT molecular complexity index is 1060. The van der Waals surface area contributed by atoms with E-state index in [2.05, 4.69) is 10.3 Å². The second kappa shape index (κ2) is 6.51. The van der Waals surface area contributed by atoms with Gasteiger partial charge in [-0.05, 0) is 37.3 Å². The number of ether oxygens (including phenoxy) is 2. The van der Waals surface area contributed by atoms with E-state index in [0.717, 1.165) is 0 Å². The Labute approximate surface area is 149 Å². The van der Waals surface area contributed by atoms with Crippen LogP contribution >= 0.6 is 0 Å². The van der Waals surface area contributed by atoms with E-state index in [0.29, 0.717) is 46.9 Å². The number of para-hydroxylation sites is 1. The minimum Gasteiger partial charge on any atom is -0.454 e. The second-order valence-corrected chi connectivity index (χ2v) is 5.96. The first-order chi connectivity index (χ1) is 12.6. The van der Waals surface area contributed by atoms with Gasteiger partial charge < -0.3 is 14.8 Å². The molecule has 4 rings (SSSR count). The van der Waals surface area contributed by atoms with Crippen LogP contribution in [0.3, 0.4) is 0 Å². The van der Waals surface area contributed by atoms with Crippen molar-refractivity contribution in [1.29, 1.82) is 0 Å². The van der Waals surface area contributed by atoms with Crippen molar-refractivity contribution in [2.45, 2.75) is 13.5 Å². The van der Waals surface area contributed by atoms with Crippen LogP contribution in [0, 0.1) is 6.92 Å². The highest BCUT2D eigenvalue weighted by Crippen LogP contribution is 2.32. The summed E-state index contributed by atoms with van der Waals surface area (Å²) in [7, 11) is 0. The van der Waals surface area contributed by atoms with Crippen molar-refractivity contribution in [3.8, 4) is 11.5 Å². The summed E-state index contributed by atoms with van der Waals surface area (Å²) >= 11 is 0. The molecule has 7 nitrogen and oxygen atoms in total. The number of hydrogen-bond donors (Lipinski definition) is 1. The number of rotatable bonds is 4. The molecule has 0 fully saturated rings. The van der Waals surface area contributed by atoms with Crippen LogP contribution in [0.1, 0.15) is 16.2 Å². The zero-order valence-corrected chi connectivity index (χ0v) is 14.2. The van der Waals surface area contributed by atoms with Gasteiger partial charge in [-0.25, -0.2) is 4.98 Å². The fourth-order valence-electron chi connectivity index (χ4n) is 2.96. The van der Waals surface area contributed by atoms with Crippen LogP contribution in [0.25, 0.3) is 10.9 Å². The summed E-state index contributed by atoms with van der Waals surface area (Å²) in [6, 6.07) is 12.3. The van der Waals surface area contributed by atoms with E-state index < -0.39 is 0 Å². The molecule has 0 unspecified atom stereocenters. The highest BCUT2D eigenvalue weighted by Gasteiger charge is 2.16. The summed E-state index contributed by atoms with van der Waals surface area (Å²) in [6.45, 7) is 2.61. The Morgan fingerprint density at radius 2 is 2.00 bits per heavy atom. The lowest BCUT2D eigenvalue weighted by Gasteiger charge is -2.11. The van der Waals surface area contributed by atoms with Crippen molar-refractivity contribution in [3.63, 3.8) is 0 Å². The third-order valence-electron chi connectivity index (χ3n) is 4.31. The van der Waals surface area contributed by atoms with E-state index in [1.807, 2.05) is 18.2 Å². The van der Waals surface area contributed by atoms with Crippen molar-refractivity contribution in [3.05, 3.63) is 64.2 Å². The molecule has 26 heavy (non-hydrogen) atoms. The average molecular weight is 351 g/mol. The average Bonchev–Trinajstić information content (AvgIpc) is 3.12. The van der Waals surface area contributed by atoms with Crippen LogP contribution < -0.4 is 20.3 Å². The molecule has 2 aromatic carbocycles. The van der Waals surface area contributed by atoms with Crippen LogP contribution in [0.4, 0.5) is 0 Å². The first-order valence-corrected chi connectivity index (χ1v) is 8.27. The lowest BCUT2D eigenvalue weighted by molar-refractivity contribution is 0.0951. The maximum absolute atomic E-state index is 12.6. The molecule has 0 spiro atoms. The summed E-state index contributed by atoms with van der Waals surface area (Å²) < 4.78 is 12.1. The molecule has 0 saturated carbocycles. The van der Waals surface area contributed by atoms with E-state index in [1.54, 1.807) is 35.8 Å².